The van der Waals surface area contributed by atoms with Gasteiger partial charge in [-0.15, -0.1) is 0 Å². The summed E-state index contributed by atoms with van der Waals surface area (Å²) < 4.78 is 5.20. The number of nitrogens with one attached hydrogen (secondary N) is 2. The van der Waals surface area contributed by atoms with Crippen LogP contribution in [0.2, 0.25) is 5.02 Å². The number of carbonyl (C=O) groups excluding carboxylic acids is 3. The van der Waals surface area contributed by atoms with Crippen molar-refractivity contribution in [1.82, 2.24) is 20.1 Å². The number of halogens is 1. The third-order valence-electron chi connectivity index (χ3n) is 7.64. The van der Waals surface area contributed by atoms with Crippen LogP contribution in [0.15, 0.2) is 48.5 Å². The van der Waals surface area contributed by atoms with Gasteiger partial charge in [-0.2, -0.15) is 0 Å². The summed E-state index contributed by atoms with van der Waals surface area (Å²) in [4.78, 5) is 47.2. The minimum absolute atomic E-state index is 0.0802. The zero-order valence-electron chi connectivity index (χ0n) is 22.1. The van der Waals surface area contributed by atoms with E-state index in [4.69, 9.17) is 16.3 Å². The van der Waals surface area contributed by atoms with Gasteiger partial charge >= 0.3 is 0 Å². The van der Waals surface area contributed by atoms with Crippen LogP contribution in [0.25, 0.3) is 10.9 Å². The number of benzene rings is 2. The molecule has 1 aromatic heterocycles. The quantitative estimate of drug-likeness (QED) is 0.502. The van der Waals surface area contributed by atoms with Gasteiger partial charge in [-0.3, -0.25) is 14.4 Å². The lowest BCUT2D eigenvalue weighted by molar-refractivity contribution is -0.152. The standard InChI is InChI=1S/C29H33ClN4O4/c1-29(2,3)25(32-26(35)22-14-17-8-5-6-9-21(17)31-22)28(37)34-16-24-23(34)10-7-13-33(24)27(36)19-12-11-18(38-4)15-20(19)30/h5-6,8-9,11-12,14-15,23-25,31H,7,10,13,16H2,1-4H3,(H,32,35)/t23?,24-,25-/m1/s1. The molecular weight excluding hydrogens is 504 g/mol. The Morgan fingerprint density at radius 1 is 1.08 bits per heavy atom. The topological polar surface area (TPSA) is 94.7 Å². The first-order chi connectivity index (χ1) is 18.1. The second-order valence-electron chi connectivity index (χ2n) is 11.2. The molecule has 2 aromatic carbocycles. The Bertz CT molecular complexity index is 1360. The third kappa shape index (κ3) is 4.73. The fraction of sp³-hybridized carbons (Fsp3) is 0.414. The summed E-state index contributed by atoms with van der Waals surface area (Å²) >= 11 is 6.39. The van der Waals surface area contributed by atoms with Crippen molar-refractivity contribution in [3.8, 4) is 5.75 Å². The second-order valence-corrected chi connectivity index (χ2v) is 11.6. The van der Waals surface area contributed by atoms with Crippen molar-refractivity contribution < 1.29 is 19.1 Å². The molecule has 0 spiro atoms. The number of para-hydroxylation sites is 1. The van der Waals surface area contributed by atoms with E-state index in [9.17, 15) is 14.4 Å². The van der Waals surface area contributed by atoms with Gasteiger partial charge in [0.05, 0.1) is 29.8 Å². The van der Waals surface area contributed by atoms with Gasteiger partial charge < -0.3 is 24.8 Å². The lowest BCUT2D eigenvalue weighted by atomic mass is 9.81. The molecule has 9 heteroatoms. The Kier molecular flexibility index (Phi) is 6.86. The maximum Gasteiger partial charge on any atom is 0.268 e. The maximum absolute atomic E-state index is 13.8. The van der Waals surface area contributed by atoms with Gasteiger partial charge in [-0.05, 0) is 48.6 Å². The summed E-state index contributed by atoms with van der Waals surface area (Å²) in [6.45, 7) is 6.88. The number of piperidine rings is 1. The molecule has 2 aliphatic heterocycles. The molecule has 2 N–H and O–H groups in total. The van der Waals surface area contributed by atoms with Crippen molar-refractivity contribution in [2.24, 2.45) is 5.41 Å². The number of H-pyrrole nitrogens is 1. The highest BCUT2D eigenvalue weighted by atomic mass is 35.5. The number of ether oxygens (including phenoxy) is 1. The summed E-state index contributed by atoms with van der Waals surface area (Å²) in [5.41, 5.74) is 1.20. The van der Waals surface area contributed by atoms with Crippen LogP contribution in [0.1, 0.15) is 54.5 Å². The predicted octanol–water partition coefficient (Wildman–Crippen LogP) is 4.49. The van der Waals surface area contributed by atoms with Crippen LogP contribution >= 0.6 is 11.6 Å². The van der Waals surface area contributed by atoms with Crippen LogP contribution < -0.4 is 10.1 Å². The average molecular weight is 537 g/mol. The van der Waals surface area contributed by atoms with Crippen LogP contribution in [0.5, 0.6) is 5.75 Å². The number of aromatic amines is 1. The van der Waals surface area contributed by atoms with E-state index in [1.807, 2.05) is 54.8 Å². The fourth-order valence-electron chi connectivity index (χ4n) is 5.49. The van der Waals surface area contributed by atoms with Crippen LogP contribution in [0.3, 0.4) is 0 Å². The number of likely N-dealkylation sites (tertiary alicyclic amines) is 2. The summed E-state index contributed by atoms with van der Waals surface area (Å²) in [7, 11) is 1.55. The number of hydrogen-bond donors (Lipinski definition) is 2. The van der Waals surface area contributed by atoms with Gasteiger partial charge in [0, 0.05) is 24.0 Å². The molecule has 5 rings (SSSR count). The third-order valence-corrected chi connectivity index (χ3v) is 7.95. The zero-order chi connectivity index (χ0) is 27.2. The summed E-state index contributed by atoms with van der Waals surface area (Å²) in [5, 5.41) is 4.27. The number of aromatic nitrogens is 1. The Morgan fingerprint density at radius 3 is 2.53 bits per heavy atom. The van der Waals surface area contributed by atoms with Crippen molar-refractivity contribution in [3.05, 3.63) is 64.8 Å². The molecule has 0 bridgehead atoms. The van der Waals surface area contributed by atoms with Gasteiger partial charge in [-0.1, -0.05) is 50.6 Å². The maximum atomic E-state index is 13.8. The molecule has 3 atom stereocenters. The van der Waals surface area contributed by atoms with Gasteiger partial charge in [0.2, 0.25) is 5.91 Å². The van der Waals surface area contributed by atoms with E-state index < -0.39 is 11.5 Å². The lowest BCUT2D eigenvalue weighted by Crippen LogP contribution is -2.73. The molecule has 200 valence electrons. The van der Waals surface area contributed by atoms with E-state index >= 15 is 0 Å². The van der Waals surface area contributed by atoms with Gasteiger partial charge in [0.1, 0.15) is 17.5 Å². The molecule has 2 fully saturated rings. The molecule has 2 aliphatic rings. The zero-order valence-corrected chi connectivity index (χ0v) is 22.8. The molecular formula is C29H33ClN4O4. The first-order valence-electron chi connectivity index (χ1n) is 12.9. The van der Waals surface area contributed by atoms with Crippen molar-refractivity contribution >= 4 is 40.2 Å². The van der Waals surface area contributed by atoms with Crippen molar-refractivity contribution in [1.29, 1.82) is 0 Å². The van der Waals surface area contributed by atoms with Gasteiger partial charge in [0.15, 0.2) is 0 Å². The molecule has 0 aliphatic carbocycles. The predicted molar refractivity (Wildman–Crippen MR) is 147 cm³/mol. The van der Waals surface area contributed by atoms with Crippen LogP contribution in [-0.2, 0) is 4.79 Å². The Hall–Kier alpha value is -3.52. The lowest BCUT2D eigenvalue weighted by Gasteiger charge is -2.56. The number of nitrogens with zero attached hydrogens (tertiary/aromatic N) is 2. The number of rotatable bonds is 5. The average Bonchev–Trinajstić information content (AvgIpc) is 3.31. The SMILES string of the molecule is COc1ccc(C(=O)N2CCCC3[C@H]2CN3C(=O)[C@@H](NC(=O)c2cc3ccccc3[nH]2)C(C)(C)C)c(Cl)c1. The highest BCUT2D eigenvalue weighted by molar-refractivity contribution is 6.34. The Labute approximate surface area is 227 Å². The first-order valence-corrected chi connectivity index (χ1v) is 13.3. The van der Waals surface area contributed by atoms with E-state index in [-0.39, 0.29) is 29.8 Å². The van der Waals surface area contributed by atoms with Crippen molar-refractivity contribution in [3.63, 3.8) is 0 Å². The van der Waals surface area contributed by atoms with Gasteiger partial charge in [-0.25, -0.2) is 0 Å². The first kappa shape index (κ1) is 26.1. The number of fused-ring (bicyclic) bond motifs is 2. The highest BCUT2D eigenvalue weighted by Crippen LogP contribution is 2.36. The number of methoxy groups -OCH3 is 1. The molecule has 1 unspecified atom stereocenters. The summed E-state index contributed by atoms with van der Waals surface area (Å²) in [6.07, 6.45) is 1.59. The molecule has 3 amide bonds. The van der Waals surface area contributed by atoms with Crippen LogP contribution in [0, 0.1) is 5.41 Å². The number of amides is 3. The Balaban J connectivity index is 1.31. The summed E-state index contributed by atoms with van der Waals surface area (Å²) in [5.74, 6) is 0.00581. The van der Waals surface area contributed by atoms with E-state index in [1.54, 1.807) is 31.4 Å². The number of carbonyl (C=O) groups is 3. The van der Waals surface area contributed by atoms with Crippen LogP contribution in [-0.4, -0.2) is 70.8 Å². The van der Waals surface area contributed by atoms with Gasteiger partial charge in [0.25, 0.3) is 11.8 Å². The second kappa shape index (κ2) is 9.98. The molecule has 0 saturated carbocycles. The molecule has 3 aromatic rings. The highest BCUT2D eigenvalue weighted by Gasteiger charge is 2.51. The molecule has 8 nitrogen and oxygen atoms in total. The van der Waals surface area contributed by atoms with Crippen molar-refractivity contribution in [2.75, 3.05) is 20.2 Å². The van der Waals surface area contributed by atoms with E-state index in [1.165, 1.54) is 0 Å². The monoisotopic (exact) mass is 536 g/mol. The molecule has 38 heavy (non-hydrogen) atoms. The molecule has 2 saturated heterocycles. The molecule has 0 radical (unpaired) electrons. The van der Waals surface area contributed by atoms with E-state index in [0.29, 0.717) is 35.1 Å². The van der Waals surface area contributed by atoms with Crippen LogP contribution in [0.4, 0.5) is 0 Å². The fourth-order valence-corrected chi connectivity index (χ4v) is 5.75. The van der Waals surface area contributed by atoms with Crippen molar-refractivity contribution in [2.45, 2.75) is 51.7 Å². The minimum Gasteiger partial charge on any atom is -0.497 e. The normalized spacial score (nSPS) is 19.9. The Morgan fingerprint density at radius 2 is 1.84 bits per heavy atom. The molecule has 3 heterocycles. The summed E-state index contributed by atoms with van der Waals surface area (Å²) in [6, 6.07) is 13.6. The minimum atomic E-state index is -0.718. The number of hydrogen-bond acceptors (Lipinski definition) is 4. The smallest absolute Gasteiger partial charge is 0.268 e. The van der Waals surface area contributed by atoms with E-state index in [0.717, 1.165) is 23.7 Å². The largest absolute Gasteiger partial charge is 0.497 e. The van der Waals surface area contributed by atoms with E-state index in [2.05, 4.69) is 10.3 Å².